The number of carbonyl (C=O) groups is 2. The summed E-state index contributed by atoms with van der Waals surface area (Å²) in [5.41, 5.74) is 1.02. The summed E-state index contributed by atoms with van der Waals surface area (Å²) >= 11 is 0. The van der Waals surface area contributed by atoms with Crippen molar-refractivity contribution in [2.24, 2.45) is 0 Å². The lowest BCUT2D eigenvalue weighted by Crippen LogP contribution is -2.10. The first-order chi connectivity index (χ1) is 12.7. The van der Waals surface area contributed by atoms with Crippen molar-refractivity contribution in [2.45, 2.75) is 13.8 Å². The minimum Gasteiger partial charge on any atom is -0.493 e. The molecule has 0 N–H and O–H groups in total. The minimum atomic E-state index is 0.273. The van der Waals surface area contributed by atoms with Gasteiger partial charge in [-0.1, -0.05) is 13.8 Å². The maximum atomic E-state index is 10.8. The highest BCUT2D eigenvalue weighted by molar-refractivity contribution is 5.76. The summed E-state index contributed by atoms with van der Waals surface area (Å²) in [6.07, 6.45) is 1.48. The molecule has 0 radical (unpaired) electrons. The summed E-state index contributed by atoms with van der Waals surface area (Å²) in [6, 6.07) is 9.83. The highest BCUT2D eigenvalue weighted by Crippen LogP contribution is 2.29. The number of hydrogen-bond donors (Lipinski definition) is 0. The number of hydrogen-bond acceptors (Lipinski definition) is 6. The van der Waals surface area contributed by atoms with E-state index in [9.17, 15) is 9.59 Å². The van der Waals surface area contributed by atoms with Crippen LogP contribution < -0.4 is 18.9 Å². The van der Waals surface area contributed by atoms with Gasteiger partial charge >= 0.3 is 0 Å². The molecule has 0 saturated carbocycles. The van der Waals surface area contributed by atoms with Crippen molar-refractivity contribution >= 4 is 12.6 Å². The van der Waals surface area contributed by atoms with E-state index < -0.39 is 0 Å². The van der Waals surface area contributed by atoms with Gasteiger partial charge in [0.1, 0.15) is 25.8 Å². The van der Waals surface area contributed by atoms with Crippen LogP contribution >= 0.6 is 0 Å². The molecule has 0 aliphatic heterocycles. The molecule has 0 atom stereocenters. The monoisotopic (exact) mass is 360 g/mol. The molecule has 6 heteroatoms. The summed E-state index contributed by atoms with van der Waals surface area (Å²) in [4.78, 5) is 21.5. The van der Waals surface area contributed by atoms with Crippen molar-refractivity contribution in [3.05, 3.63) is 47.5 Å². The minimum absolute atomic E-state index is 0.273. The molecule has 6 nitrogen and oxygen atoms in total. The zero-order valence-electron chi connectivity index (χ0n) is 15.5. The third kappa shape index (κ3) is 5.81. The van der Waals surface area contributed by atoms with Gasteiger partial charge in [0.05, 0.1) is 14.2 Å². The predicted molar refractivity (Wildman–Crippen MR) is 99.1 cm³/mol. The number of carbonyl (C=O) groups excluding carboxylic acids is 2. The Kier molecular flexibility index (Phi) is 9.31. The zero-order chi connectivity index (χ0) is 19.4. The Morgan fingerprint density at radius 3 is 1.38 bits per heavy atom. The first kappa shape index (κ1) is 21.0. The quantitative estimate of drug-likeness (QED) is 0.500. The molecule has 0 aromatic heterocycles. The molecule has 0 aliphatic carbocycles. The van der Waals surface area contributed by atoms with Gasteiger partial charge in [-0.25, -0.2) is 0 Å². The molecule has 2 aromatic rings. The number of rotatable bonds is 9. The van der Waals surface area contributed by atoms with Crippen LogP contribution in [-0.2, 0) is 0 Å². The number of benzene rings is 2. The van der Waals surface area contributed by atoms with E-state index in [0.29, 0.717) is 34.1 Å². The molecule has 0 spiro atoms. The summed E-state index contributed by atoms with van der Waals surface area (Å²) in [5.74, 6) is 2.00. The molecule has 0 amide bonds. The second kappa shape index (κ2) is 11.5. The van der Waals surface area contributed by atoms with Crippen molar-refractivity contribution in [3.63, 3.8) is 0 Å². The highest BCUT2D eigenvalue weighted by atomic mass is 16.5. The molecular formula is C20H24O6. The second-order valence-electron chi connectivity index (χ2n) is 4.75. The SMILES string of the molecule is CC.COc1cc(C=O)ccc1OCCOc1ccc(C=O)cc1OC. The van der Waals surface area contributed by atoms with Gasteiger partial charge in [-0.15, -0.1) is 0 Å². The fraction of sp³-hybridized carbons (Fsp3) is 0.300. The Bertz CT molecular complexity index is 650. The Labute approximate surface area is 153 Å². The lowest BCUT2D eigenvalue weighted by atomic mass is 10.2. The van der Waals surface area contributed by atoms with Crippen LogP contribution in [0.3, 0.4) is 0 Å². The first-order valence-corrected chi connectivity index (χ1v) is 8.24. The lowest BCUT2D eigenvalue weighted by Gasteiger charge is -2.13. The van der Waals surface area contributed by atoms with Gasteiger partial charge in [0, 0.05) is 11.1 Å². The lowest BCUT2D eigenvalue weighted by molar-refractivity contribution is 0.111. The van der Waals surface area contributed by atoms with Gasteiger partial charge in [0.25, 0.3) is 0 Å². The molecule has 0 bridgehead atoms. The molecule has 0 saturated heterocycles. The standard InChI is InChI=1S/C18H18O6.C2H6/c1-21-17-9-13(11-19)3-5-15(17)23-7-8-24-16-6-4-14(12-20)10-18(16)22-2;1-2/h3-6,9-12H,7-8H2,1-2H3;1-2H3. The first-order valence-electron chi connectivity index (χ1n) is 8.24. The van der Waals surface area contributed by atoms with Crippen LogP contribution in [0.5, 0.6) is 23.0 Å². The van der Waals surface area contributed by atoms with Crippen molar-refractivity contribution in [3.8, 4) is 23.0 Å². The Balaban J connectivity index is 0.00000163. The fourth-order valence-electron chi connectivity index (χ4n) is 2.06. The topological polar surface area (TPSA) is 71.1 Å². The van der Waals surface area contributed by atoms with Crippen molar-refractivity contribution in [2.75, 3.05) is 27.4 Å². The van der Waals surface area contributed by atoms with E-state index in [-0.39, 0.29) is 13.2 Å². The van der Waals surface area contributed by atoms with E-state index in [4.69, 9.17) is 18.9 Å². The van der Waals surface area contributed by atoms with Gasteiger partial charge in [-0.2, -0.15) is 0 Å². The molecule has 2 aromatic carbocycles. The van der Waals surface area contributed by atoms with Gasteiger partial charge in [0.2, 0.25) is 0 Å². The van der Waals surface area contributed by atoms with Gasteiger partial charge < -0.3 is 18.9 Å². The van der Waals surface area contributed by atoms with Crippen molar-refractivity contribution < 1.29 is 28.5 Å². The van der Waals surface area contributed by atoms with Crippen LogP contribution in [-0.4, -0.2) is 40.0 Å². The Morgan fingerprint density at radius 1 is 0.692 bits per heavy atom. The number of methoxy groups -OCH3 is 2. The van der Waals surface area contributed by atoms with E-state index >= 15 is 0 Å². The normalized spacial score (nSPS) is 9.38. The summed E-state index contributed by atoms with van der Waals surface area (Å²) in [7, 11) is 3.01. The van der Waals surface area contributed by atoms with Crippen LogP contribution in [0.1, 0.15) is 34.6 Å². The van der Waals surface area contributed by atoms with Crippen LogP contribution in [0.15, 0.2) is 36.4 Å². The molecule has 26 heavy (non-hydrogen) atoms. The van der Waals surface area contributed by atoms with E-state index in [1.54, 1.807) is 36.4 Å². The van der Waals surface area contributed by atoms with Crippen LogP contribution in [0.2, 0.25) is 0 Å². The molecule has 0 fully saturated rings. The van der Waals surface area contributed by atoms with Gasteiger partial charge in [0.15, 0.2) is 23.0 Å². The average molecular weight is 360 g/mol. The maximum Gasteiger partial charge on any atom is 0.161 e. The molecule has 0 heterocycles. The maximum absolute atomic E-state index is 10.8. The van der Waals surface area contributed by atoms with Crippen molar-refractivity contribution in [1.82, 2.24) is 0 Å². The zero-order valence-corrected chi connectivity index (χ0v) is 15.5. The van der Waals surface area contributed by atoms with E-state index in [1.807, 2.05) is 13.8 Å². The highest BCUT2D eigenvalue weighted by Gasteiger charge is 2.08. The van der Waals surface area contributed by atoms with E-state index in [2.05, 4.69) is 0 Å². The molecule has 0 aliphatic rings. The third-order valence-corrected chi connectivity index (χ3v) is 3.25. The molecule has 0 unspecified atom stereocenters. The summed E-state index contributed by atoms with van der Waals surface area (Å²) in [5, 5.41) is 0. The summed E-state index contributed by atoms with van der Waals surface area (Å²) in [6.45, 7) is 4.55. The second-order valence-corrected chi connectivity index (χ2v) is 4.75. The van der Waals surface area contributed by atoms with Crippen LogP contribution in [0, 0.1) is 0 Å². The average Bonchev–Trinajstić information content (AvgIpc) is 2.72. The van der Waals surface area contributed by atoms with E-state index in [1.165, 1.54) is 14.2 Å². The smallest absolute Gasteiger partial charge is 0.161 e. The largest absolute Gasteiger partial charge is 0.493 e. The Hall–Kier alpha value is -3.02. The number of aldehydes is 2. The summed E-state index contributed by atoms with van der Waals surface area (Å²) < 4.78 is 21.6. The predicted octanol–water partition coefficient (Wildman–Crippen LogP) is 3.81. The molecular weight excluding hydrogens is 336 g/mol. The van der Waals surface area contributed by atoms with Crippen LogP contribution in [0.25, 0.3) is 0 Å². The van der Waals surface area contributed by atoms with Gasteiger partial charge in [-0.05, 0) is 36.4 Å². The van der Waals surface area contributed by atoms with Gasteiger partial charge in [-0.3, -0.25) is 9.59 Å². The van der Waals surface area contributed by atoms with Crippen LogP contribution in [0.4, 0.5) is 0 Å². The molecule has 140 valence electrons. The molecule has 2 rings (SSSR count). The third-order valence-electron chi connectivity index (χ3n) is 3.25. The van der Waals surface area contributed by atoms with Crippen molar-refractivity contribution in [1.29, 1.82) is 0 Å². The number of ether oxygens (including phenoxy) is 4. The van der Waals surface area contributed by atoms with E-state index in [0.717, 1.165) is 12.6 Å². The fourth-order valence-corrected chi connectivity index (χ4v) is 2.06. The Morgan fingerprint density at radius 2 is 1.08 bits per heavy atom.